The molecular formula is C9H12FIN2. The molecule has 0 aliphatic carbocycles. The van der Waals surface area contributed by atoms with Gasteiger partial charge in [-0.1, -0.05) is 0 Å². The quantitative estimate of drug-likeness (QED) is 0.817. The van der Waals surface area contributed by atoms with E-state index >= 15 is 0 Å². The van der Waals surface area contributed by atoms with Crippen molar-refractivity contribution < 1.29 is 4.39 Å². The molecule has 4 heteroatoms. The van der Waals surface area contributed by atoms with Crippen molar-refractivity contribution >= 4 is 22.6 Å². The summed E-state index contributed by atoms with van der Waals surface area (Å²) in [4.78, 5) is 0. The highest BCUT2D eigenvalue weighted by atomic mass is 127. The maximum Gasteiger partial charge on any atom is 0.128 e. The van der Waals surface area contributed by atoms with Crippen LogP contribution in [0.3, 0.4) is 0 Å². The normalized spacial score (nSPS) is 15.5. The molecule has 0 aliphatic rings. The van der Waals surface area contributed by atoms with Crippen LogP contribution in [0.5, 0.6) is 0 Å². The van der Waals surface area contributed by atoms with E-state index in [4.69, 9.17) is 11.5 Å². The average Bonchev–Trinajstić information content (AvgIpc) is 2.08. The van der Waals surface area contributed by atoms with Crippen molar-refractivity contribution in [2.24, 2.45) is 11.5 Å². The summed E-state index contributed by atoms with van der Waals surface area (Å²) in [6.45, 7) is 1.77. The summed E-state index contributed by atoms with van der Waals surface area (Å²) in [5.41, 5.74) is 11.8. The molecule has 0 saturated heterocycles. The highest BCUT2D eigenvalue weighted by Crippen LogP contribution is 2.19. The van der Waals surface area contributed by atoms with Gasteiger partial charge in [0.2, 0.25) is 0 Å². The van der Waals surface area contributed by atoms with E-state index in [2.05, 4.69) is 22.6 Å². The molecule has 0 aromatic heterocycles. The van der Waals surface area contributed by atoms with Crippen LogP contribution in [0.1, 0.15) is 18.5 Å². The van der Waals surface area contributed by atoms with Crippen LogP contribution in [-0.4, -0.2) is 6.04 Å². The van der Waals surface area contributed by atoms with E-state index in [0.717, 1.165) is 3.57 Å². The monoisotopic (exact) mass is 294 g/mol. The molecule has 2 atom stereocenters. The second kappa shape index (κ2) is 4.34. The van der Waals surface area contributed by atoms with Gasteiger partial charge in [-0.3, -0.25) is 0 Å². The van der Waals surface area contributed by atoms with Crippen LogP contribution in [0, 0.1) is 9.39 Å². The van der Waals surface area contributed by atoms with Crippen molar-refractivity contribution in [3.63, 3.8) is 0 Å². The minimum absolute atomic E-state index is 0.243. The van der Waals surface area contributed by atoms with Gasteiger partial charge in [0, 0.05) is 21.2 Å². The summed E-state index contributed by atoms with van der Waals surface area (Å²) in [6, 6.07) is 4.17. The minimum Gasteiger partial charge on any atom is -0.326 e. The third kappa shape index (κ3) is 2.62. The van der Waals surface area contributed by atoms with Crippen LogP contribution in [0.2, 0.25) is 0 Å². The van der Waals surface area contributed by atoms with Crippen LogP contribution in [0.4, 0.5) is 4.39 Å². The van der Waals surface area contributed by atoms with Gasteiger partial charge in [0.15, 0.2) is 0 Å². The molecule has 2 unspecified atom stereocenters. The molecule has 0 amide bonds. The molecule has 0 spiro atoms. The third-order valence-corrected chi connectivity index (χ3v) is 2.55. The first-order chi connectivity index (χ1) is 6.02. The van der Waals surface area contributed by atoms with Crippen LogP contribution >= 0.6 is 22.6 Å². The van der Waals surface area contributed by atoms with Crippen molar-refractivity contribution in [1.82, 2.24) is 0 Å². The van der Waals surface area contributed by atoms with Crippen molar-refractivity contribution in [2.75, 3.05) is 0 Å². The van der Waals surface area contributed by atoms with Gasteiger partial charge in [-0.15, -0.1) is 0 Å². The van der Waals surface area contributed by atoms with Crippen molar-refractivity contribution in [1.29, 1.82) is 0 Å². The third-order valence-electron chi connectivity index (χ3n) is 1.88. The first-order valence-electron chi connectivity index (χ1n) is 3.98. The second-order valence-electron chi connectivity index (χ2n) is 3.05. The molecule has 2 nitrogen and oxygen atoms in total. The molecule has 0 radical (unpaired) electrons. The highest BCUT2D eigenvalue weighted by molar-refractivity contribution is 14.1. The lowest BCUT2D eigenvalue weighted by Gasteiger charge is -2.16. The Labute approximate surface area is 90.6 Å². The Hall–Kier alpha value is -0.200. The molecule has 0 heterocycles. The summed E-state index contributed by atoms with van der Waals surface area (Å²) in [5, 5.41) is 0. The Bertz CT molecular complexity index is 302. The summed E-state index contributed by atoms with van der Waals surface area (Å²) >= 11 is 2.12. The summed E-state index contributed by atoms with van der Waals surface area (Å²) in [6.07, 6.45) is 0. The Kier molecular flexibility index (Phi) is 3.63. The molecule has 0 saturated carbocycles. The predicted octanol–water partition coefficient (Wildman–Crippen LogP) is 1.78. The molecule has 13 heavy (non-hydrogen) atoms. The van der Waals surface area contributed by atoms with Crippen molar-refractivity contribution in [3.05, 3.63) is 33.1 Å². The number of nitrogens with two attached hydrogens (primary N) is 2. The molecule has 4 N–H and O–H groups in total. The Morgan fingerprint density at radius 1 is 1.38 bits per heavy atom. The van der Waals surface area contributed by atoms with E-state index in [-0.39, 0.29) is 11.9 Å². The van der Waals surface area contributed by atoms with E-state index in [0.29, 0.717) is 5.56 Å². The van der Waals surface area contributed by atoms with Crippen LogP contribution in [0.25, 0.3) is 0 Å². The lowest BCUT2D eigenvalue weighted by atomic mass is 10.0. The Balaban J connectivity index is 3.05. The average molecular weight is 294 g/mol. The van der Waals surface area contributed by atoms with Gasteiger partial charge in [-0.05, 0) is 47.7 Å². The highest BCUT2D eigenvalue weighted by Gasteiger charge is 2.15. The topological polar surface area (TPSA) is 52.0 Å². The number of hydrogen-bond donors (Lipinski definition) is 2. The number of hydrogen-bond acceptors (Lipinski definition) is 2. The summed E-state index contributed by atoms with van der Waals surface area (Å²) < 4.78 is 14.2. The molecular weight excluding hydrogens is 282 g/mol. The largest absolute Gasteiger partial charge is 0.326 e. The van der Waals surface area contributed by atoms with Crippen molar-refractivity contribution in [3.8, 4) is 0 Å². The lowest BCUT2D eigenvalue weighted by Crippen LogP contribution is -2.31. The zero-order valence-electron chi connectivity index (χ0n) is 7.30. The molecule has 1 aromatic carbocycles. The fourth-order valence-electron chi connectivity index (χ4n) is 1.05. The van der Waals surface area contributed by atoms with Crippen LogP contribution in [0.15, 0.2) is 18.2 Å². The Morgan fingerprint density at radius 2 is 2.00 bits per heavy atom. The number of halogens is 2. The maximum atomic E-state index is 13.2. The van der Waals surface area contributed by atoms with Crippen molar-refractivity contribution in [2.45, 2.75) is 19.0 Å². The van der Waals surface area contributed by atoms with Gasteiger partial charge in [0.05, 0.1) is 0 Å². The predicted molar refractivity (Wildman–Crippen MR) is 59.7 cm³/mol. The molecule has 72 valence electrons. The first-order valence-corrected chi connectivity index (χ1v) is 5.06. The van der Waals surface area contributed by atoms with Gasteiger partial charge >= 0.3 is 0 Å². The number of benzene rings is 1. The lowest BCUT2D eigenvalue weighted by molar-refractivity contribution is 0.535. The van der Waals surface area contributed by atoms with E-state index in [9.17, 15) is 4.39 Å². The molecule has 0 bridgehead atoms. The van der Waals surface area contributed by atoms with Gasteiger partial charge in [-0.2, -0.15) is 0 Å². The zero-order chi connectivity index (χ0) is 10.0. The Morgan fingerprint density at radius 3 is 2.54 bits per heavy atom. The molecule has 0 aliphatic heterocycles. The fraction of sp³-hybridized carbons (Fsp3) is 0.333. The minimum atomic E-state index is -0.435. The summed E-state index contributed by atoms with van der Waals surface area (Å²) in [5.74, 6) is -0.287. The van der Waals surface area contributed by atoms with Gasteiger partial charge < -0.3 is 11.5 Å². The maximum absolute atomic E-state index is 13.2. The fourth-order valence-corrected chi connectivity index (χ4v) is 1.57. The summed E-state index contributed by atoms with van der Waals surface area (Å²) in [7, 11) is 0. The molecule has 1 rings (SSSR count). The first kappa shape index (κ1) is 10.9. The van der Waals surface area contributed by atoms with Gasteiger partial charge in [0.25, 0.3) is 0 Å². The molecule has 1 aromatic rings. The molecule has 0 fully saturated rings. The smallest absolute Gasteiger partial charge is 0.128 e. The van der Waals surface area contributed by atoms with Gasteiger partial charge in [-0.25, -0.2) is 4.39 Å². The van der Waals surface area contributed by atoms with E-state index in [1.54, 1.807) is 19.1 Å². The van der Waals surface area contributed by atoms with Gasteiger partial charge in [0.1, 0.15) is 5.82 Å². The van der Waals surface area contributed by atoms with E-state index in [1.165, 1.54) is 6.07 Å². The SMILES string of the molecule is CC(N)C(N)c1cc(I)ccc1F. The van der Waals surface area contributed by atoms with E-state index in [1.807, 2.05) is 0 Å². The zero-order valence-corrected chi connectivity index (χ0v) is 9.45. The van der Waals surface area contributed by atoms with E-state index < -0.39 is 6.04 Å². The van der Waals surface area contributed by atoms with Crippen LogP contribution < -0.4 is 11.5 Å². The van der Waals surface area contributed by atoms with Crippen LogP contribution in [-0.2, 0) is 0 Å². The number of rotatable bonds is 2. The second-order valence-corrected chi connectivity index (χ2v) is 4.30. The standard InChI is InChI=1S/C9H12FIN2/c1-5(12)9(13)7-4-6(11)2-3-8(7)10/h2-5,9H,12-13H2,1H3.